The summed E-state index contributed by atoms with van der Waals surface area (Å²) in [5.41, 5.74) is 1.25. The number of rotatable bonds is 7. The minimum atomic E-state index is 0.545. The van der Waals surface area contributed by atoms with Gasteiger partial charge in [0.15, 0.2) is 0 Å². The summed E-state index contributed by atoms with van der Waals surface area (Å²) in [4.78, 5) is 7.36. The number of thiazole rings is 1. The van der Waals surface area contributed by atoms with E-state index in [1.807, 2.05) is 11.3 Å². The molecule has 0 saturated carbocycles. The maximum Gasteiger partial charge on any atom is 0.0954 e. The summed E-state index contributed by atoms with van der Waals surface area (Å²) in [6.45, 7) is 13.5. The topological polar surface area (TPSA) is 28.2 Å². The average Bonchev–Trinajstić information content (AvgIpc) is 2.99. The second-order valence-electron chi connectivity index (χ2n) is 6.71. The molecule has 0 bridgehead atoms. The van der Waals surface area contributed by atoms with Crippen LogP contribution in [0.25, 0.3) is 0 Å². The van der Waals surface area contributed by atoms with Gasteiger partial charge in [0, 0.05) is 37.0 Å². The van der Waals surface area contributed by atoms with E-state index in [2.05, 4.69) is 43.3 Å². The van der Waals surface area contributed by atoms with Gasteiger partial charge in [-0.15, -0.1) is 11.3 Å². The Bertz CT molecular complexity index is 394. The largest absolute Gasteiger partial charge is 0.313 e. The first kappa shape index (κ1) is 15.9. The van der Waals surface area contributed by atoms with E-state index < -0.39 is 0 Å². The Morgan fingerprint density at radius 1 is 1.40 bits per heavy atom. The first-order chi connectivity index (χ1) is 9.54. The second-order valence-corrected chi connectivity index (χ2v) is 7.60. The summed E-state index contributed by atoms with van der Waals surface area (Å²) in [5.74, 6) is 1.25. The average molecular weight is 295 g/mol. The van der Waals surface area contributed by atoms with Crippen molar-refractivity contribution in [3.63, 3.8) is 0 Å². The summed E-state index contributed by atoms with van der Waals surface area (Å²) in [5, 5.41) is 7.12. The fourth-order valence-electron chi connectivity index (χ4n) is 2.83. The van der Waals surface area contributed by atoms with Crippen LogP contribution in [0, 0.1) is 5.92 Å². The Balaban J connectivity index is 1.94. The Labute approximate surface area is 127 Å². The van der Waals surface area contributed by atoms with Crippen molar-refractivity contribution in [3.8, 4) is 0 Å². The van der Waals surface area contributed by atoms with E-state index in [0.717, 1.165) is 19.6 Å². The summed E-state index contributed by atoms with van der Waals surface area (Å²) in [6.07, 6.45) is 2.65. The lowest BCUT2D eigenvalue weighted by Crippen LogP contribution is -2.39. The zero-order valence-corrected chi connectivity index (χ0v) is 14.2. The third-order valence-electron chi connectivity index (χ3n) is 3.71. The van der Waals surface area contributed by atoms with E-state index in [4.69, 9.17) is 4.98 Å². The van der Waals surface area contributed by atoms with E-state index in [0.29, 0.717) is 17.9 Å². The molecule has 1 aromatic heterocycles. The quantitative estimate of drug-likeness (QED) is 0.835. The molecule has 4 heteroatoms. The Hall–Kier alpha value is -0.450. The van der Waals surface area contributed by atoms with Crippen molar-refractivity contribution in [3.05, 3.63) is 16.1 Å². The highest BCUT2D eigenvalue weighted by Gasteiger charge is 2.19. The van der Waals surface area contributed by atoms with Crippen LogP contribution in [0.1, 0.15) is 57.2 Å². The zero-order valence-electron chi connectivity index (χ0n) is 13.4. The molecular formula is C16H29N3S. The van der Waals surface area contributed by atoms with Gasteiger partial charge < -0.3 is 5.32 Å². The second kappa shape index (κ2) is 7.53. The summed E-state index contributed by atoms with van der Waals surface area (Å²) in [6, 6.07) is 0.678. The highest BCUT2D eigenvalue weighted by atomic mass is 32.1. The molecule has 1 N–H and O–H groups in total. The first-order valence-corrected chi connectivity index (χ1v) is 8.82. The van der Waals surface area contributed by atoms with E-state index in [9.17, 15) is 0 Å². The van der Waals surface area contributed by atoms with E-state index >= 15 is 0 Å². The Morgan fingerprint density at radius 3 is 2.75 bits per heavy atom. The molecule has 1 aliphatic rings. The lowest BCUT2D eigenvalue weighted by molar-refractivity contribution is 0.214. The highest BCUT2D eigenvalue weighted by molar-refractivity contribution is 7.09. The first-order valence-electron chi connectivity index (χ1n) is 7.94. The summed E-state index contributed by atoms with van der Waals surface area (Å²) >= 11 is 1.81. The lowest BCUT2D eigenvalue weighted by atomic mass is 10.1. The molecule has 0 aromatic carbocycles. The van der Waals surface area contributed by atoms with Gasteiger partial charge in [0.2, 0.25) is 0 Å². The van der Waals surface area contributed by atoms with Crippen LogP contribution in [0.3, 0.4) is 0 Å². The molecule has 0 spiro atoms. The molecule has 1 atom stereocenters. The van der Waals surface area contributed by atoms with Crippen molar-refractivity contribution in [2.75, 3.05) is 19.6 Å². The minimum Gasteiger partial charge on any atom is -0.313 e. The molecule has 1 aromatic rings. The number of nitrogens with one attached hydrogen (secondary N) is 1. The van der Waals surface area contributed by atoms with Crippen LogP contribution in [0.4, 0.5) is 0 Å². The maximum absolute atomic E-state index is 4.79. The number of hydrogen-bond donors (Lipinski definition) is 1. The van der Waals surface area contributed by atoms with Crippen LogP contribution in [0.15, 0.2) is 5.38 Å². The van der Waals surface area contributed by atoms with Crippen LogP contribution in [-0.4, -0.2) is 35.6 Å². The van der Waals surface area contributed by atoms with Crippen LogP contribution in [-0.2, 0) is 6.54 Å². The van der Waals surface area contributed by atoms with Gasteiger partial charge in [-0.25, -0.2) is 4.98 Å². The van der Waals surface area contributed by atoms with Gasteiger partial charge in [-0.05, 0) is 25.3 Å². The van der Waals surface area contributed by atoms with Crippen molar-refractivity contribution in [1.29, 1.82) is 0 Å². The molecule has 2 rings (SSSR count). The fourth-order valence-corrected chi connectivity index (χ4v) is 3.66. The third-order valence-corrected chi connectivity index (χ3v) is 4.91. The standard InChI is InChI=1S/C16H29N3S/c1-12(2)8-19(9-14-6-5-7-17-14)10-15-11-20-16(18-15)13(3)4/h11-14,17H,5-10H2,1-4H3. The van der Waals surface area contributed by atoms with Gasteiger partial charge in [-0.2, -0.15) is 0 Å². The monoisotopic (exact) mass is 295 g/mol. The molecular weight excluding hydrogens is 266 g/mol. The van der Waals surface area contributed by atoms with Crippen molar-refractivity contribution in [2.24, 2.45) is 5.92 Å². The molecule has 1 unspecified atom stereocenters. The summed E-state index contributed by atoms with van der Waals surface area (Å²) < 4.78 is 0. The number of aromatic nitrogens is 1. The zero-order chi connectivity index (χ0) is 14.5. The van der Waals surface area contributed by atoms with Gasteiger partial charge in [0.1, 0.15) is 0 Å². The SMILES string of the molecule is CC(C)CN(Cc1csc(C(C)C)n1)CC1CCCN1. The van der Waals surface area contributed by atoms with Crippen molar-refractivity contribution in [2.45, 2.75) is 59.0 Å². The van der Waals surface area contributed by atoms with Gasteiger partial charge in [-0.3, -0.25) is 4.90 Å². The van der Waals surface area contributed by atoms with Crippen LogP contribution < -0.4 is 5.32 Å². The van der Waals surface area contributed by atoms with E-state index in [1.54, 1.807) is 0 Å². The van der Waals surface area contributed by atoms with E-state index in [-0.39, 0.29) is 0 Å². The lowest BCUT2D eigenvalue weighted by Gasteiger charge is -2.26. The molecule has 1 aliphatic heterocycles. The molecule has 1 saturated heterocycles. The van der Waals surface area contributed by atoms with E-state index in [1.165, 1.54) is 30.1 Å². The normalized spacial score (nSPS) is 19.6. The van der Waals surface area contributed by atoms with Crippen LogP contribution >= 0.6 is 11.3 Å². The van der Waals surface area contributed by atoms with Crippen LogP contribution in [0.5, 0.6) is 0 Å². The molecule has 20 heavy (non-hydrogen) atoms. The highest BCUT2D eigenvalue weighted by Crippen LogP contribution is 2.20. The molecule has 3 nitrogen and oxygen atoms in total. The van der Waals surface area contributed by atoms with Gasteiger partial charge in [0.05, 0.1) is 10.7 Å². The van der Waals surface area contributed by atoms with Crippen molar-refractivity contribution in [1.82, 2.24) is 15.2 Å². The third kappa shape index (κ3) is 4.83. The molecule has 114 valence electrons. The fraction of sp³-hybridized carbons (Fsp3) is 0.812. The van der Waals surface area contributed by atoms with Crippen LogP contribution in [0.2, 0.25) is 0 Å². The molecule has 1 fully saturated rings. The maximum atomic E-state index is 4.79. The van der Waals surface area contributed by atoms with Crippen molar-refractivity contribution < 1.29 is 0 Å². The van der Waals surface area contributed by atoms with Gasteiger partial charge in [-0.1, -0.05) is 27.7 Å². The molecule has 0 radical (unpaired) electrons. The predicted molar refractivity (Wildman–Crippen MR) is 87.3 cm³/mol. The summed E-state index contributed by atoms with van der Waals surface area (Å²) in [7, 11) is 0. The Kier molecular flexibility index (Phi) is 6.00. The molecule has 2 heterocycles. The van der Waals surface area contributed by atoms with Crippen molar-refractivity contribution >= 4 is 11.3 Å². The van der Waals surface area contributed by atoms with Gasteiger partial charge in [0.25, 0.3) is 0 Å². The molecule has 0 amide bonds. The number of nitrogens with zero attached hydrogens (tertiary/aromatic N) is 2. The van der Waals surface area contributed by atoms with Gasteiger partial charge >= 0.3 is 0 Å². The molecule has 0 aliphatic carbocycles. The minimum absolute atomic E-state index is 0.545. The predicted octanol–water partition coefficient (Wildman–Crippen LogP) is 3.48. The smallest absolute Gasteiger partial charge is 0.0954 e. The number of hydrogen-bond acceptors (Lipinski definition) is 4. The Morgan fingerprint density at radius 2 is 2.20 bits per heavy atom.